The number of aliphatic hydroxyl groups is 3. The van der Waals surface area contributed by atoms with Gasteiger partial charge < -0.3 is 24.8 Å². The van der Waals surface area contributed by atoms with Crippen molar-refractivity contribution in [2.24, 2.45) is 0 Å². The van der Waals surface area contributed by atoms with Gasteiger partial charge in [-0.25, -0.2) is 10.3 Å². The van der Waals surface area contributed by atoms with Crippen LogP contribution in [0.2, 0.25) is 0 Å². The van der Waals surface area contributed by atoms with Crippen molar-refractivity contribution in [3.63, 3.8) is 0 Å². The summed E-state index contributed by atoms with van der Waals surface area (Å²) in [7, 11) is 0. The molecule has 1 amide bonds. The minimum atomic E-state index is -1.61. The predicted molar refractivity (Wildman–Crippen MR) is 108 cm³/mol. The Kier molecular flexibility index (Phi) is 11.6. The number of cyclic esters (lactones) is 1. The zero-order valence-electron chi connectivity index (χ0n) is 16.8. The molecule has 9 nitrogen and oxygen atoms in total. The fourth-order valence-corrected chi connectivity index (χ4v) is 2.50. The summed E-state index contributed by atoms with van der Waals surface area (Å²) in [6, 6.07) is 0. The van der Waals surface area contributed by atoms with Gasteiger partial charge in [0.15, 0.2) is 0 Å². The van der Waals surface area contributed by atoms with E-state index in [1.807, 2.05) is 0 Å². The topological polar surface area (TPSA) is 146 Å². The lowest BCUT2D eigenvalue weighted by atomic mass is 9.92. The van der Waals surface area contributed by atoms with E-state index in [4.69, 9.17) is 19.8 Å². The molecular formula is C21H29NO8. The Labute approximate surface area is 175 Å². The number of carbonyl (C=O) groups excluding carboxylic acids is 2. The van der Waals surface area contributed by atoms with E-state index in [0.29, 0.717) is 6.42 Å². The number of nitrogens with one attached hydrogen (secondary N) is 1. The summed E-state index contributed by atoms with van der Waals surface area (Å²) in [5.41, 5.74) is -0.180. The SMILES string of the molecule is C[C@@](O)(C=CC1CC=CC(=O)O1)C(C[C@@H](O)C=CC=CC=CCO)OCC(=O)NO. The van der Waals surface area contributed by atoms with Crippen LogP contribution in [-0.4, -0.2) is 69.5 Å². The Hall–Kier alpha value is -2.56. The lowest BCUT2D eigenvalue weighted by molar-refractivity contribution is -0.144. The molecule has 0 bridgehead atoms. The molecule has 2 unspecified atom stereocenters. The summed E-state index contributed by atoms with van der Waals surface area (Å²) < 4.78 is 10.5. The first-order chi connectivity index (χ1) is 14.3. The van der Waals surface area contributed by atoms with Crippen LogP contribution < -0.4 is 5.48 Å². The van der Waals surface area contributed by atoms with Gasteiger partial charge in [0.25, 0.3) is 5.91 Å². The third-order valence-electron chi connectivity index (χ3n) is 4.09. The Balaban J connectivity index is 2.81. The van der Waals surface area contributed by atoms with Gasteiger partial charge in [0.1, 0.15) is 18.3 Å². The molecule has 0 aliphatic carbocycles. The van der Waals surface area contributed by atoms with Crippen LogP contribution in [0, 0.1) is 0 Å². The molecule has 0 saturated carbocycles. The van der Waals surface area contributed by atoms with Gasteiger partial charge in [0.2, 0.25) is 0 Å². The smallest absolute Gasteiger partial charge is 0.331 e. The van der Waals surface area contributed by atoms with E-state index in [0.717, 1.165) is 0 Å². The van der Waals surface area contributed by atoms with Crippen LogP contribution in [0.15, 0.2) is 60.8 Å². The van der Waals surface area contributed by atoms with Gasteiger partial charge in [-0.15, -0.1) is 0 Å². The summed E-state index contributed by atoms with van der Waals surface area (Å²) >= 11 is 0. The average Bonchev–Trinajstić information content (AvgIpc) is 2.71. The molecular weight excluding hydrogens is 394 g/mol. The highest BCUT2D eigenvalue weighted by Gasteiger charge is 2.33. The molecule has 30 heavy (non-hydrogen) atoms. The van der Waals surface area contributed by atoms with Crippen LogP contribution in [-0.2, 0) is 19.1 Å². The van der Waals surface area contributed by atoms with Crippen LogP contribution in [0.5, 0.6) is 0 Å². The predicted octanol–water partition coefficient (Wildman–Crippen LogP) is 0.468. The van der Waals surface area contributed by atoms with E-state index in [1.54, 1.807) is 36.5 Å². The molecule has 5 N–H and O–H groups in total. The average molecular weight is 423 g/mol. The number of hydrogen-bond donors (Lipinski definition) is 5. The number of hydrogen-bond acceptors (Lipinski definition) is 8. The lowest BCUT2D eigenvalue weighted by Gasteiger charge is -2.31. The maximum atomic E-state index is 11.3. The fourth-order valence-electron chi connectivity index (χ4n) is 2.50. The number of esters is 1. The van der Waals surface area contributed by atoms with E-state index in [1.165, 1.54) is 36.7 Å². The fraction of sp³-hybridized carbons (Fsp3) is 0.429. The minimum absolute atomic E-state index is 0.0583. The quantitative estimate of drug-likeness (QED) is 0.100. The number of aliphatic hydroxyl groups excluding tert-OH is 2. The maximum absolute atomic E-state index is 11.3. The van der Waals surface area contributed by atoms with Crippen molar-refractivity contribution in [2.45, 2.75) is 43.7 Å². The number of rotatable bonds is 12. The van der Waals surface area contributed by atoms with Crippen LogP contribution in [0.3, 0.4) is 0 Å². The molecule has 0 radical (unpaired) electrons. The van der Waals surface area contributed by atoms with E-state index < -0.39 is 42.4 Å². The first-order valence-electron chi connectivity index (χ1n) is 9.40. The van der Waals surface area contributed by atoms with Crippen molar-refractivity contribution in [3.05, 3.63) is 60.8 Å². The lowest BCUT2D eigenvalue weighted by Crippen LogP contribution is -2.43. The molecule has 1 rings (SSSR count). The van der Waals surface area contributed by atoms with Crippen LogP contribution in [0.25, 0.3) is 0 Å². The van der Waals surface area contributed by atoms with Crippen LogP contribution in [0.4, 0.5) is 0 Å². The Morgan fingerprint density at radius 1 is 1.40 bits per heavy atom. The van der Waals surface area contributed by atoms with Crippen molar-refractivity contribution < 1.29 is 39.6 Å². The zero-order chi connectivity index (χ0) is 22.4. The molecule has 166 valence electrons. The number of allylic oxidation sites excluding steroid dienone is 4. The van der Waals surface area contributed by atoms with E-state index in [9.17, 15) is 19.8 Å². The Morgan fingerprint density at radius 3 is 2.80 bits per heavy atom. The van der Waals surface area contributed by atoms with Gasteiger partial charge in [-0.1, -0.05) is 48.6 Å². The highest BCUT2D eigenvalue weighted by molar-refractivity contribution is 5.82. The number of carbonyl (C=O) groups is 2. The van der Waals surface area contributed by atoms with Crippen LogP contribution in [0.1, 0.15) is 19.8 Å². The normalized spacial score (nSPS) is 21.4. The number of ether oxygens (including phenoxy) is 2. The second-order valence-electron chi connectivity index (χ2n) is 6.72. The zero-order valence-corrected chi connectivity index (χ0v) is 16.8. The Bertz CT molecular complexity index is 693. The molecule has 1 aliphatic rings. The molecule has 4 atom stereocenters. The minimum Gasteiger partial charge on any atom is -0.455 e. The summed E-state index contributed by atoms with van der Waals surface area (Å²) in [6.45, 7) is 0.826. The van der Waals surface area contributed by atoms with Crippen molar-refractivity contribution in [2.75, 3.05) is 13.2 Å². The van der Waals surface area contributed by atoms with Gasteiger partial charge in [0, 0.05) is 18.9 Å². The third kappa shape index (κ3) is 10.3. The third-order valence-corrected chi connectivity index (χ3v) is 4.09. The highest BCUT2D eigenvalue weighted by atomic mass is 16.5. The molecule has 1 heterocycles. The highest BCUT2D eigenvalue weighted by Crippen LogP contribution is 2.22. The maximum Gasteiger partial charge on any atom is 0.331 e. The van der Waals surface area contributed by atoms with Gasteiger partial charge in [-0.3, -0.25) is 10.0 Å². The molecule has 0 aromatic carbocycles. The summed E-state index contributed by atoms with van der Waals surface area (Å²) in [5, 5.41) is 38.3. The van der Waals surface area contributed by atoms with Crippen molar-refractivity contribution in [1.29, 1.82) is 0 Å². The second kappa shape index (κ2) is 13.6. The molecule has 0 aromatic rings. The molecule has 0 aromatic heterocycles. The van der Waals surface area contributed by atoms with Crippen LogP contribution >= 0.6 is 0 Å². The first-order valence-corrected chi connectivity index (χ1v) is 9.40. The Morgan fingerprint density at radius 2 is 2.13 bits per heavy atom. The van der Waals surface area contributed by atoms with Gasteiger partial charge in [-0.2, -0.15) is 0 Å². The second-order valence-corrected chi connectivity index (χ2v) is 6.72. The van der Waals surface area contributed by atoms with Crippen molar-refractivity contribution in [3.8, 4) is 0 Å². The van der Waals surface area contributed by atoms with E-state index in [-0.39, 0.29) is 13.0 Å². The summed E-state index contributed by atoms with van der Waals surface area (Å²) in [5.74, 6) is -1.29. The van der Waals surface area contributed by atoms with Crippen molar-refractivity contribution in [1.82, 2.24) is 5.48 Å². The number of amides is 1. The van der Waals surface area contributed by atoms with Gasteiger partial charge in [0.05, 0.1) is 18.8 Å². The van der Waals surface area contributed by atoms with Gasteiger partial charge in [-0.05, 0) is 13.0 Å². The summed E-state index contributed by atoms with van der Waals surface area (Å²) in [6.07, 6.45) is 13.3. The molecule has 0 spiro atoms. The summed E-state index contributed by atoms with van der Waals surface area (Å²) in [4.78, 5) is 22.6. The molecule has 9 heteroatoms. The molecule has 1 aliphatic heterocycles. The standard InChI is InChI=1S/C21H29NO8/c1-21(27,12-11-17-9-7-10-20(26)30-17)18(29-15-19(25)22-28)14-16(24)8-5-3-2-4-6-13-23/h2-8,10-12,16-18,23-24,27-28H,9,13-15H2,1H3,(H,22,25)/t16-,17?,18?,21+/m0/s1. The first kappa shape index (κ1) is 25.5. The van der Waals surface area contributed by atoms with E-state index in [2.05, 4.69) is 0 Å². The van der Waals surface area contributed by atoms with Gasteiger partial charge >= 0.3 is 5.97 Å². The monoisotopic (exact) mass is 423 g/mol. The molecule has 0 fully saturated rings. The van der Waals surface area contributed by atoms with E-state index >= 15 is 0 Å². The van der Waals surface area contributed by atoms with Crippen molar-refractivity contribution >= 4 is 11.9 Å². The molecule has 0 saturated heterocycles. The largest absolute Gasteiger partial charge is 0.455 e. The number of hydroxylamine groups is 1.